The maximum absolute atomic E-state index is 11.1. The van der Waals surface area contributed by atoms with E-state index >= 15 is 0 Å². The summed E-state index contributed by atoms with van der Waals surface area (Å²) >= 11 is 0. The first-order chi connectivity index (χ1) is 7.22. The summed E-state index contributed by atoms with van der Waals surface area (Å²) in [5, 5.41) is 8.99. The molecule has 1 rings (SSSR count). The molecule has 15 heavy (non-hydrogen) atoms. The number of ether oxygens (including phenoxy) is 1. The Labute approximate surface area is 87.9 Å². The van der Waals surface area contributed by atoms with Gasteiger partial charge in [-0.15, -0.1) is 0 Å². The number of aliphatic hydroxyl groups excluding tert-OH is 1. The number of aliphatic hydroxyl groups is 1. The number of aromatic nitrogens is 1. The summed E-state index contributed by atoms with van der Waals surface area (Å²) in [7, 11) is 1.31. The van der Waals surface area contributed by atoms with Crippen molar-refractivity contribution in [1.82, 2.24) is 4.98 Å². The van der Waals surface area contributed by atoms with E-state index in [9.17, 15) is 4.79 Å². The van der Waals surface area contributed by atoms with Gasteiger partial charge in [0, 0.05) is 24.4 Å². The molecule has 1 aromatic rings. The first kappa shape index (κ1) is 11.6. The molecule has 5 nitrogen and oxygen atoms in total. The lowest BCUT2D eigenvalue weighted by Gasteiger charge is -2.10. The van der Waals surface area contributed by atoms with Crippen LogP contribution in [0.25, 0.3) is 0 Å². The van der Waals surface area contributed by atoms with E-state index in [1.54, 1.807) is 12.1 Å². The van der Waals surface area contributed by atoms with Crippen LogP contribution in [0.5, 0.6) is 0 Å². The fourth-order valence-electron chi connectivity index (χ4n) is 1.17. The number of carbonyl (C=O) groups is 1. The van der Waals surface area contributed by atoms with E-state index in [0.717, 1.165) is 0 Å². The Kier molecular flexibility index (Phi) is 4.20. The number of methoxy groups -OCH3 is 1. The van der Waals surface area contributed by atoms with Gasteiger partial charge in [0.2, 0.25) is 0 Å². The average Bonchev–Trinajstić information content (AvgIpc) is 2.30. The lowest BCUT2D eigenvalue weighted by molar-refractivity contribution is 0.0600. The highest BCUT2D eigenvalue weighted by atomic mass is 16.5. The standard InChI is InChI=1S/C10H14N2O3/c1-15-10(14)7-2-3-9(12-5-7)8(4-11)6-13/h2-3,5,8,13H,4,6,11H2,1H3. The lowest BCUT2D eigenvalue weighted by Crippen LogP contribution is -2.17. The molecule has 1 atom stereocenters. The van der Waals surface area contributed by atoms with Crippen LogP contribution < -0.4 is 5.73 Å². The van der Waals surface area contributed by atoms with Gasteiger partial charge < -0.3 is 15.6 Å². The van der Waals surface area contributed by atoms with Crippen molar-refractivity contribution in [3.05, 3.63) is 29.6 Å². The SMILES string of the molecule is COC(=O)c1ccc(C(CN)CO)nc1. The van der Waals surface area contributed by atoms with Gasteiger partial charge >= 0.3 is 5.97 Å². The van der Waals surface area contributed by atoms with Crippen LogP contribution in [0, 0.1) is 0 Å². The van der Waals surface area contributed by atoms with Gasteiger partial charge in [-0.2, -0.15) is 0 Å². The van der Waals surface area contributed by atoms with Gasteiger partial charge in [-0.25, -0.2) is 4.79 Å². The molecule has 1 heterocycles. The zero-order chi connectivity index (χ0) is 11.3. The fourth-order valence-corrected chi connectivity index (χ4v) is 1.17. The fraction of sp³-hybridized carbons (Fsp3) is 0.400. The van der Waals surface area contributed by atoms with E-state index < -0.39 is 5.97 Å². The molecule has 0 fully saturated rings. The van der Waals surface area contributed by atoms with Crippen molar-refractivity contribution < 1.29 is 14.6 Å². The molecule has 5 heteroatoms. The van der Waals surface area contributed by atoms with Crippen LogP contribution in [0.3, 0.4) is 0 Å². The highest BCUT2D eigenvalue weighted by molar-refractivity contribution is 5.88. The minimum absolute atomic E-state index is 0.0545. The van der Waals surface area contributed by atoms with E-state index in [-0.39, 0.29) is 12.5 Å². The van der Waals surface area contributed by atoms with Gasteiger partial charge in [0.15, 0.2) is 0 Å². The van der Waals surface area contributed by atoms with Gasteiger partial charge in [0.05, 0.1) is 19.3 Å². The zero-order valence-electron chi connectivity index (χ0n) is 8.51. The Bertz CT molecular complexity index is 320. The van der Waals surface area contributed by atoms with Crippen molar-refractivity contribution >= 4 is 5.97 Å². The van der Waals surface area contributed by atoms with Crippen molar-refractivity contribution in [3.63, 3.8) is 0 Å². The molecule has 0 aliphatic rings. The minimum atomic E-state index is -0.428. The van der Waals surface area contributed by atoms with Crippen LogP contribution in [0.1, 0.15) is 22.0 Å². The molecule has 0 spiro atoms. The highest BCUT2D eigenvalue weighted by Gasteiger charge is 2.11. The van der Waals surface area contributed by atoms with Crippen LogP contribution in [-0.4, -0.2) is 36.3 Å². The normalized spacial score (nSPS) is 12.2. The third-order valence-electron chi connectivity index (χ3n) is 2.13. The second-order valence-electron chi connectivity index (χ2n) is 3.08. The maximum atomic E-state index is 11.1. The van der Waals surface area contributed by atoms with Crippen molar-refractivity contribution in [2.75, 3.05) is 20.3 Å². The van der Waals surface area contributed by atoms with E-state index in [4.69, 9.17) is 10.8 Å². The van der Waals surface area contributed by atoms with Crippen LogP contribution in [0.15, 0.2) is 18.3 Å². The summed E-state index contributed by atoms with van der Waals surface area (Å²) in [6.45, 7) is 0.266. The van der Waals surface area contributed by atoms with Crippen molar-refractivity contribution in [2.24, 2.45) is 5.73 Å². The molecule has 1 aromatic heterocycles. The smallest absolute Gasteiger partial charge is 0.339 e. The molecule has 0 amide bonds. The summed E-state index contributed by atoms with van der Waals surface area (Å²) in [6.07, 6.45) is 1.42. The van der Waals surface area contributed by atoms with E-state index in [1.807, 2.05) is 0 Å². The summed E-state index contributed by atoms with van der Waals surface area (Å²) in [6, 6.07) is 3.27. The quantitative estimate of drug-likeness (QED) is 0.678. The second kappa shape index (κ2) is 5.43. The molecule has 0 bridgehead atoms. The molecule has 0 aliphatic heterocycles. The Morgan fingerprint density at radius 1 is 1.67 bits per heavy atom. The molecule has 0 radical (unpaired) electrons. The van der Waals surface area contributed by atoms with E-state index in [0.29, 0.717) is 17.8 Å². The van der Waals surface area contributed by atoms with Crippen LogP contribution in [-0.2, 0) is 4.74 Å². The summed E-state index contributed by atoms with van der Waals surface area (Å²) < 4.78 is 4.54. The monoisotopic (exact) mass is 210 g/mol. The molecule has 0 aromatic carbocycles. The van der Waals surface area contributed by atoms with Gasteiger partial charge in [-0.05, 0) is 12.1 Å². The van der Waals surface area contributed by atoms with Crippen LogP contribution >= 0.6 is 0 Å². The first-order valence-corrected chi connectivity index (χ1v) is 4.58. The van der Waals surface area contributed by atoms with Crippen molar-refractivity contribution in [2.45, 2.75) is 5.92 Å². The molecular weight excluding hydrogens is 196 g/mol. The second-order valence-corrected chi connectivity index (χ2v) is 3.08. The largest absolute Gasteiger partial charge is 0.465 e. The predicted molar refractivity (Wildman–Crippen MR) is 54.5 cm³/mol. The first-order valence-electron chi connectivity index (χ1n) is 4.58. The Balaban J connectivity index is 2.84. The minimum Gasteiger partial charge on any atom is -0.465 e. The van der Waals surface area contributed by atoms with Crippen LogP contribution in [0.4, 0.5) is 0 Å². The number of pyridine rings is 1. The zero-order valence-corrected chi connectivity index (χ0v) is 8.51. The molecule has 82 valence electrons. The number of nitrogens with zero attached hydrogens (tertiary/aromatic N) is 1. The van der Waals surface area contributed by atoms with Crippen LogP contribution in [0.2, 0.25) is 0 Å². The Morgan fingerprint density at radius 2 is 2.40 bits per heavy atom. The molecule has 0 saturated carbocycles. The van der Waals surface area contributed by atoms with Gasteiger partial charge in [-0.1, -0.05) is 0 Å². The maximum Gasteiger partial charge on any atom is 0.339 e. The van der Waals surface area contributed by atoms with Crippen molar-refractivity contribution in [1.29, 1.82) is 0 Å². The number of hydrogen-bond acceptors (Lipinski definition) is 5. The highest BCUT2D eigenvalue weighted by Crippen LogP contribution is 2.11. The lowest BCUT2D eigenvalue weighted by atomic mass is 10.1. The topological polar surface area (TPSA) is 85.4 Å². The van der Waals surface area contributed by atoms with E-state index in [1.165, 1.54) is 13.3 Å². The predicted octanol–water partition coefficient (Wildman–Crippen LogP) is -0.0972. The molecule has 3 N–H and O–H groups in total. The van der Waals surface area contributed by atoms with Gasteiger partial charge in [0.1, 0.15) is 0 Å². The number of hydrogen-bond donors (Lipinski definition) is 2. The molecule has 1 unspecified atom stereocenters. The Hall–Kier alpha value is -1.46. The Morgan fingerprint density at radius 3 is 2.80 bits per heavy atom. The third-order valence-corrected chi connectivity index (χ3v) is 2.13. The third kappa shape index (κ3) is 2.74. The molecule has 0 aliphatic carbocycles. The number of rotatable bonds is 4. The number of esters is 1. The summed E-state index contributed by atoms with van der Waals surface area (Å²) in [5.74, 6) is -0.612. The average molecular weight is 210 g/mol. The van der Waals surface area contributed by atoms with Gasteiger partial charge in [0.25, 0.3) is 0 Å². The van der Waals surface area contributed by atoms with Crippen molar-refractivity contribution in [3.8, 4) is 0 Å². The summed E-state index contributed by atoms with van der Waals surface area (Å²) in [5.41, 5.74) is 6.51. The van der Waals surface area contributed by atoms with Gasteiger partial charge in [-0.3, -0.25) is 4.98 Å². The summed E-state index contributed by atoms with van der Waals surface area (Å²) in [4.78, 5) is 15.1. The molecular formula is C10H14N2O3. The number of nitrogens with two attached hydrogens (primary N) is 1. The van der Waals surface area contributed by atoms with E-state index in [2.05, 4.69) is 9.72 Å². The molecule has 0 saturated heterocycles. The number of carbonyl (C=O) groups excluding carboxylic acids is 1.